The Morgan fingerprint density at radius 2 is 1.02 bits per heavy atom. The fraction of sp³-hybridized carbons (Fsp3) is 0.146. The van der Waals surface area contributed by atoms with Crippen molar-refractivity contribution < 1.29 is 42.9 Å². The monoisotopic (exact) mass is 724 g/mol. The molecule has 1 N–H and O–H groups in total. The first-order valence-electron chi connectivity index (χ1n) is 16.9. The van der Waals surface area contributed by atoms with E-state index in [0.717, 1.165) is 0 Å². The first-order valence-corrected chi connectivity index (χ1v) is 16.9. The molecule has 13 heteroatoms. The number of nitrogens with zero attached hydrogens (tertiary/aromatic N) is 3. The van der Waals surface area contributed by atoms with Crippen molar-refractivity contribution in [3.63, 3.8) is 0 Å². The zero-order chi connectivity index (χ0) is 37.3. The van der Waals surface area contributed by atoms with Crippen LogP contribution >= 0.6 is 0 Å². The SMILES string of the molecule is O=C(OC[C@H]1O[C@@H](c2nc(-c3ccccn3)n[nH]2)[C@H](OC(=O)c2ccccc2)[C@@H](OC(=O)c2ccccc2)[C@@H]1OC(=O)c1ccccc1)c1ccccc1. The van der Waals surface area contributed by atoms with Gasteiger partial charge < -0.3 is 23.7 Å². The Balaban J connectivity index is 1.32. The Bertz CT molecular complexity index is 2190. The largest absolute Gasteiger partial charge is 0.459 e. The Morgan fingerprint density at radius 1 is 0.556 bits per heavy atom. The number of nitrogens with one attached hydrogen (secondary N) is 1. The molecule has 0 bridgehead atoms. The van der Waals surface area contributed by atoms with E-state index in [9.17, 15) is 19.2 Å². The first-order chi connectivity index (χ1) is 26.4. The third-order valence-corrected chi connectivity index (χ3v) is 8.45. The third kappa shape index (κ3) is 8.22. The molecule has 3 heterocycles. The second-order valence-electron chi connectivity index (χ2n) is 12.0. The van der Waals surface area contributed by atoms with E-state index in [-0.39, 0.29) is 33.9 Å². The predicted molar refractivity (Wildman–Crippen MR) is 191 cm³/mol. The molecule has 1 aliphatic rings. The number of aromatic nitrogens is 4. The fourth-order valence-corrected chi connectivity index (χ4v) is 5.80. The zero-order valence-electron chi connectivity index (χ0n) is 28.5. The molecular weight excluding hydrogens is 692 g/mol. The molecule has 2 aromatic heterocycles. The second-order valence-corrected chi connectivity index (χ2v) is 12.0. The van der Waals surface area contributed by atoms with Crippen molar-refractivity contribution in [2.45, 2.75) is 30.5 Å². The van der Waals surface area contributed by atoms with E-state index >= 15 is 0 Å². The van der Waals surface area contributed by atoms with Gasteiger partial charge >= 0.3 is 23.9 Å². The van der Waals surface area contributed by atoms with Crippen LogP contribution in [-0.2, 0) is 23.7 Å². The van der Waals surface area contributed by atoms with Gasteiger partial charge in [0.1, 0.15) is 18.4 Å². The molecule has 0 unspecified atom stereocenters. The van der Waals surface area contributed by atoms with Crippen LogP contribution in [0.1, 0.15) is 53.4 Å². The Labute approximate surface area is 308 Å². The molecule has 270 valence electrons. The summed E-state index contributed by atoms with van der Waals surface area (Å²) >= 11 is 0. The van der Waals surface area contributed by atoms with Crippen LogP contribution in [0.15, 0.2) is 146 Å². The average Bonchev–Trinajstić information content (AvgIpc) is 3.73. The highest BCUT2D eigenvalue weighted by atomic mass is 16.7. The lowest BCUT2D eigenvalue weighted by molar-refractivity contribution is -0.233. The number of carbonyl (C=O) groups is 4. The van der Waals surface area contributed by atoms with Gasteiger partial charge in [-0.3, -0.25) is 10.1 Å². The van der Waals surface area contributed by atoms with Gasteiger partial charge in [0.25, 0.3) is 0 Å². The van der Waals surface area contributed by atoms with E-state index in [1.165, 1.54) is 0 Å². The van der Waals surface area contributed by atoms with Gasteiger partial charge in [0.05, 0.1) is 22.3 Å². The predicted octanol–water partition coefficient (Wildman–Crippen LogP) is 5.84. The minimum absolute atomic E-state index is 0.0643. The zero-order valence-corrected chi connectivity index (χ0v) is 28.5. The van der Waals surface area contributed by atoms with Gasteiger partial charge in [-0.05, 0) is 60.7 Å². The van der Waals surface area contributed by atoms with Crippen molar-refractivity contribution in [3.8, 4) is 11.5 Å². The minimum Gasteiger partial charge on any atom is -0.459 e. The number of ether oxygens (including phenoxy) is 5. The van der Waals surface area contributed by atoms with Crippen LogP contribution in [0.4, 0.5) is 0 Å². The van der Waals surface area contributed by atoms with E-state index in [4.69, 9.17) is 23.7 Å². The lowest BCUT2D eigenvalue weighted by Gasteiger charge is -2.44. The molecule has 0 saturated carbocycles. The van der Waals surface area contributed by atoms with Crippen molar-refractivity contribution in [3.05, 3.63) is 174 Å². The Morgan fingerprint density at radius 3 is 1.52 bits per heavy atom. The molecule has 1 saturated heterocycles. The molecule has 0 spiro atoms. The number of aromatic amines is 1. The van der Waals surface area contributed by atoms with Gasteiger partial charge in [0.2, 0.25) is 0 Å². The number of benzene rings is 4. The highest BCUT2D eigenvalue weighted by Crippen LogP contribution is 2.38. The van der Waals surface area contributed by atoms with Gasteiger partial charge in [0.15, 0.2) is 36.1 Å². The number of esters is 4. The number of carbonyl (C=O) groups excluding carboxylic acids is 4. The summed E-state index contributed by atoms with van der Waals surface area (Å²) in [5, 5.41) is 7.16. The summed E-state index contributed by atoms with van der Waals surface area (Å²) in [4.78, 5) is 63.4. The maximum Gasteiger partial charge on any atom is 0.338 e. The Hall–Kier alpha value is -6.99. The highest BCUT2D eigenvalue weighted by molar-refractivity contribution is 5.91. The van der Waals surface area contributed by atoms with Gasteiger partial charge in [0, 0.05) is 6.20 Å². The summed E-state index contributed by atoms with van der Waals surface area (Å²) in [7, 11) is 0. The van der Waals surface area contributed by atoms with E-state index in [1.807, 2.05) is 0 Å². The number of rotatable bonds is 11. The molecular formula is C41H32N4O9. The van der Waals surface area contributed by atoms with Crippen LogP contribution in [0.25, 0.3) is 11.5 Å². The van der Waals surface area contributed by atoms with Crippen molar-refractivity contribution in [2.24, 2.45) is 0 Å². The third-order valence-electron chi connectivity index (χ3n) is 8.45. The van der Waals surface area contributed by atoms with Gasteiger partial charge in [-0.2, -0.15) is 5.10 Å². The van der Waals surface area contributed by atoms with Crippen molar-refractivity contribution in [1.29, 1.82) is 0 Å². The first kappa shape index (κ1) is 35.4. The lowest BCUT2D eigenvalue weighted by Crippen LogP contribution is -2.60. The van der Waals surface area contributed by atoms with Crippen LogP contribution in [0.2, 0.25) is 0 Å². The van der Waals surface area contributed by atoms with Gasteiger partial charge in [-0.1, -0.05) is 78.9 Å². The molecule has 1 fully saturated rings. The summed E-state index contributed by atoms with van der Waals surface area (Å²) < 4.78 is 30.6. The van der Waals surface area contributed by atoms with Crippen LogP contribution in [0, 0.1) is 0 Å². The molecule has 54 heavy (non-hydrogen) atoms. The number of pyridine rings is 1. The smallest absolute Gasteiger partial charge is 0.338 e. The van der Waals surface area contributed by atoms with Crippen molar-refractivity contribution >= 4 is 23.9 Å². The molecule has 7 rings (SSSR count). The van der Waals surface area contributed by atoms with Gasteiger partial charge in [-0.25, -0.2) is 24.2 Å². The standard InChI is InChI=1S/C41H32N4O9/c46-38(26-15-5-1-6-16-26)50-25-31-32(52-39(47)27-17-7-2-8-18-27)33(53-40(48)28-19-9-3-10-20-28)34(54-41(49)29-21-11-4-12-22-29)35(51-31)37-43-36(44-45-37)30-23-13-14-24-42-30/h1-24,31-35H,25H2,(H,43,44,45)/t31-,32-,33+,34-,35-/m1/s1. The second kappa shape index (κ2) is 16.6. The molecule has 1 aliphatic heterocycles. The van der Waals surface area contributed by atoms with E-state index in [1.54, 1.807) is 146 Å². The number of hydrogen-bond donors (Lipinski definition) is 1. The summed E-state index contributed by atoms with van der Waals surface area (Å²) in [6.07, 6.45) is -5.57. The van der Waals surface area contributed by atoms with E-state index in [2.05, 4.69) is 20.2 Å². The average molecular weight is 725 g/mol. The summed E-state index contributed by atoms with van der Waals surface area (Å²) in [6.45, 7) is -0.475. The van der Waals surface area contributed by atoms with E-state index < -0.39 is 61.0 Å². The molecule has 0 aliphatic carbocycles. The van der Waals surface area contributed by atoms with Crippen LogP contribution < -0.4 is 0 Å². The topological polar surface area (TPSA) is 169 Å². The molecule has 0 radical (unpaired) electrons. The quantitative estimate of drug-likeness (QED) is 0.125. The molecule has 5 atom stereocenters. The van der Waals surface area contributed by atoms with Crippen molar-refractivity contribution in [1.82, 2.24) is 20.2 Å². The maximum absolute atomic E-state index is 13.8. The summed E-state index contributed by atoms with van der Waals surface area (Å²) in [6, 6.07) is 37.9. The summed E-state index contributed by atoms with van der Waals surface area (Å²) in [5.41, 5.74) is 1.24. The fourth-order valence-electron chi connectivity index (χ4n) is 5.80. The van der Waals surface area contributed by atoms with E-state index in [0.29, 0.717) is 5.69 Å². The highest BCUT2D eigenvalue weighted by Gasteiger charge is 2.54. The molecule has 0 amide bonds. The maximum atomic E-state index is 13.8. The van der Waals surface area contributed by atoms with Crippen LogP contribution in [0.3, 0.4) is 0 Å². The number of hydrogen-bond acceptors (Lipinski definition) is 12. The summed E-state index contributed by atoms with van der Waals surface area (Å²) in [5.74, 6) is -2.82. The molecule has 6 aromatic rings. The number of H-pyrrole nitrogens is 1. The molecule has 13 nitrogen and oxygen atoms in total. The van der Waals surface area contributed by atoms with Crippen molar-refractivity contribution in [2.75, 3.05) is 6.61 Å². The minimum atomic E-state index is -1.54. The van der Waals surface area contributed by atoms with Crippen LogP contribution in [-0.4, -0.2) is 75.1 Å². The Kier molecular flexibility index (Phi) is 10.9. The van der Waals surface area contributed by atoms with Gasteiger partial charge in [-0.15, -0.1) is 0 Å². The normalized spacial score (nSPS) is 19.2. The lowest BCUT2D eigenvalue weighted by atomic mass is 9.93. The van der Waals surface area contributed by atoms with Crippen LogP contribution in [0.5, 0.6) is 0 Å². The molecule has 4 aromatic carbocycles.